The highest BCUT2D eigenvalue weighted by atomic mass is 32.1. The first-order chi connectivity index (χ1) is 6.55. The van der Waals surface area contributed by atoms with Crippen LogP contribution in [0.5, 0.6) is 0 Å². The molecule has 0 aromatic heterocycles. The summed E-state index contributed by atoms with van der Waals surface area (Å²) in [4.78, 5) is 19.2. The SMILES string of the molecule is CCCCO[Si](O)(O)CC(CS)CS. The van der Waals surface area contributed by atoms with Crippen LogP contribution in [0.4, 0.5) is 0 Å². The molecule has 86 valence electrons. The van der Waals surface area contributed by atoms with Gasteiger partial charge in [-0.3, -0.25) is 0 Å². The van der Waals surface area contributed by atoms with Crippen LogP contribution >= 0.6 is 25.3 Å². The van der Waals surface area contributed by atoms with Crippen LogP contribution < -0.4 is 0 Å². The van der Waals surface area contributed by atoms with Gasteiger partial charge >= 0.3 is 8.80 Å². The molecular formula is C8H20O3S2Si. The molecule has 0 heterocycles. The zero-order valence-corrected chi connectivity index (χ0v) is 11.3. The fourth-order valence-electron chi connectivity index (χ4n) is 1.00. The highest BCUT2D eigenvalue weighted by molar-refractivity contribution is 7.81. The average molecular weight is 256 g/mol. The summed E-state index contributed by atoms with van der Waals surface area (Å²) < 4.78 is 5.09. The van der Waals surface area contributed by atoms with E-state index in [9.17, 15) is 9.59 Å². The maximum atomic E-state index is 9.58. The van der Waals surface area contributed by atoms with Gasteiger partial charge in [-0.05, 0) is 23.8 Å². The fraction of sp³-hybridized carbons (Fsp3) is 1.00. The van der Waals surface area contributed by atoms with Gasteiger partial charge < -0.3 is 14.0 Å². The van der Waals surface area contributed by atoms with Crippen LogP contribution in [0.25, 0.3) is 0 Å². The maximum absolute atomic E-state index is 9.58. The molecule has 0 aromatic rings. The van der Waals surface area contributed by atoms with E-state index in [2.05, 4.69) is 25.3 Å². The first-order valence-electron chi connectivity index (χ1n) is 4.86. The second-order valence-corrected chi connectivity index (χ2v) is 6.29. The van der Waals surface area contributed by atoms with Crippen LogP contribution in [0.3, 0.4) is 0 Å². The summed E-state index contributed by atoms with van der Waals surface area (Å²) in [6, 6.07) is 0.295. The van der Waals surface area contributed by atoms with Crippen molar-refractivity contribution in [2.45, 2.75) is 25.8 Å². The standard InChI is InChI=1S/C8H20O3S2Si/c1-2-3-4-11-14(9,10)7-8(5-12)6-13/h8-10,12-13H,2-7H2,1H3. The monoisotopic (exact) mass is 256 g/mol. The van der Waals surface area contributed by atoms with Crippen LogP contribution in [-0.4, -0.2) is 36.5 Å². The highest BCUT2D eigenvalue weighted by Gasteiger charge is 2.34. The van der Waals surface area contributed by atoms with Gasteiger partial charge in [-0.1, -0.05) is 13.3 Å². The third-order valence-electron chi connectivity index (χ3n) is 1.90. The Kier molecular flexibility index (Phi) is 8.46. The van der Waals surface area contributed by atoms with Crippen LogP contribution in [0.15, 0.2) is 0 Å². The molecule has 0 saturated carbocycles. The van der Waals surface area contributed by atoms with Crippen LogP contribution in [-0.2, 0) is 4.43 Å². The van der Waals surface area contributed by atoms with E-state index in [1.807, 2.05) is 6.92 Å². The molecule has 0 saturated heterocycles. The number of thiol groups is 2. The molecule has 6 heteroatoms. The fourth-order valence-corrected chi connectivity index (χ4v) is 3.84. The summed E-state index contributed by atoms with van der Waals surface area (Å²) in [5, 5.41) is 0. The Labute approximate surface area is 98.1 Å². The Balaban J connectivity index is 3.79. The molecule has 0 aliphatic heterocycles. The van der Waals surface area contributed by atoms with Crippen molar-refractivity contribution in [2.24, 2.45) is 5.92 Å². The van der Waals surface area contributed by atoms with E-state index < -0.39 is 8.80 Å². The number of rotatable bonds is 8. The van der Waals surface area contributed by atoms with Gasteiger partial charge in [-0.2, -0.15) is 25.3 Å². The van der Waals surface area contributed by atoms with Gasteiger partial charge in [-0.25, -0.2) is 0 Å². The van der Waals surface area contributed by atoms with E-state index in [0.29, 0.717) is 24.2 Å². The third-order valence-corrected chi connectivity index (χ3v) is 4.71. The number of hydrogen-bond acceptors (Lipinski definition) is 5. The van der Waals surface area contributed by atoms with Crippen molar-refractivity contribution in [3.05, 3.63) is 0 Å². The maximum Gasteiger partial charge on any atom is 0.495 e. The van der Waals surface area contributed by atoms with Crippen molar-refractivity contribution in [1.29, 1.82) is 0 Å². The minimum absolute atomic E-state index is 0.116. The van der Waals surface area contributed by atoms with E-state index in [0.717, 1.165) is 12.8 Å². The van der Waals surface area contributed by atoms with E-state index in [-0.39, 0.29) is 5.92 Å². The van der Waals surface area contributed by atoms with Gasteiger partial charge in [0.1, 0.15) is 0 Å². The minimum atomic E-state index is -3.44. The molecule has 0 unspecified atom stereocenters. The van der Waals surface area contributed by atoms with Gasteiger partial charge in [0, 0.05) is 12.7 Å². The van der Waals surface area contributed by atoms with E-state index in [4.69, 9.17) is 4.43 Å². The lowest BCUT2D eigenvalue weighted by Crippen LogP contribution is -2.41. The molecule has 0 aliphatic rings. The summed E-state index contributed by atoms with van der Waals surface area (Å²) in [6.45, 7) is 2.47. The molecule has 0 aromatic carbocycles. The molecule has 0 amide bonds. The second-order valence-electron chi connectivity index (χ2n) is 3.38. The highest BCUT2D eigenvalue weighted by Crippen LogP contribution is 2.16. The molecule has 0 atom stereocenters. The van der Waals surface area contributed by atoms with Crippen molar-refractivity contribution < 1.29 is 14.0 Å². The Bertz CT molecular complexity index is 143. The summed E-state index contributed by atoms with van der Waals surface area (Å²) in [5.41, 5.74) is 0. The Hall–Kier alpha value is 0.797. The first-order valence-corrected chi connectivity index (χ1v) is 8.13. The molecule has 0 rings (SSSR count). The van der Waals surface area contributed by atoms with Gasteiger partial charge in [0.25, 0.3) is 0 Å². The lowest BCUT2D eigenvalue weighted by atomic mass is 10.3. The molecule has 0 radical (unpaired) electrons. The average Bonchev–Trinajstić information content (AvgIpc) is 2.14. The summed E-state index contributed by atoms with van der Waals surface area (Å²) in [7, 11) is -3.44. The van der Waals surface area contributed by atoms with Gasteiger partial charge in [0.2, 0.25) is 0 Å². The minimum Gasteiger partial charge on any atom is -0.390 e. The van der Waals surface area contributed by atoms with Gasteiger partial charge in [0.05, 0.1) is 0 Å². The van der Waals surface area contributed by atoms with E-state index in [1.165, 1.54) is 0 Å². The largest absolute Gasteiger partial charge is 0.495 e. The van der Waals surface area contributed by atoms with Crippen molar-refractivity contribution in [1.82, 2.24) is 0 Å². The lowest BCUT2D eigenvalue weighted by Gasteiger charge is -2.21. The summed E-state index contributed by atoms with van der Waals surface area (Å²) in [6.07, 6.45) is 1.86. The molecule has 14 heavy (non-hydrogen) atoms. The molecule has 2 N–H and O–H groups in total. The third kappa shape index (κ3) is 7.14. The van der Waals surface area contributed by atoms with Crippen LogP contribution in [0, 0.1) is 5.92 Å². The molecule has 0 fully saturated rings. The molecule has 0 spiro atoms. The smallest absolute Gasteiger partial charge is 0.390 e. The van der Waals surface area contributed by atoms with Crippen molar-refractivity contribution in [2.75, 3.05) is 18.1 Å². The molecule has 0 aliphatic carbocycles. The predicted molar refractivity (Wildman–Crippen MR) is 67.1 cm³/mol. The van der Waals surface area contributed by atoms with Gasteiger partial charge in [0.15, 0.2) is 0 Å². The predicted octanol–water partition coefficient (Wildman–Crippen LogP) is 1.20. The van der Waals surface area contributed by atoms with Crippen molar-refractivity contribution in [3.63, 3.8) is 0 Å². The van der Waals surface area contributed by atoms with E-state index >= 15 is 0 Å². The Morgan fingerprint density at radius 1 is 1.29 bits per heavy atom. The topological polar surface area (TPSA) is 49.7 Å². The second kappa shape index (κ2) is 8.01. The summed E-state index contributed by atoms with van der Waals surface area (Å²) in [5.74, 6) is 1.33. The van der Waals surface area contributed by atoms with Crippen molar-refractivity contribution >= 4 is 34.1 Å². The van der Waals surface area contributed by atoms with Crippen LogP contribution in [0.2, 0.25) is 6.04 Å². The zero-order valence-electron chi connectivity index (χ0n) is 8.52. The first kappa shape index (κ1) is 14.8. The normalized spacial score (nSPS) is 12.4. The molecule has 0 bridgehead atoms. The van der Waals surface area contributed by atoms with E-state index in [1.54, 1.807) is 0 Å². The molecule has 3 nitrogen and oxygen atoms in total. The zero-order chi connectivity index (χ0) is 11.0. The molecular weight excluding hydrogens is 236 g/mol. The quantitative estimate of drug-likeness (QED) is 0.300. The summed E-state index contributed by atoms with van der Waals surface area (Å²) >= 11 is 8.23. The van der Waals surface area contributed by atoms with Gasteiger partial charge in [-0.15, -0.1) is 0 Å². The van der Waals surface area contributed by atoms with Crippen molar-refractivity contribution in [3.8, 4) is 0 Å². The Morgan fingerprint density at radius 2 is 1.86 bits per heavy atom. The van der Waals surface area contributed by atoms with Crippen LogP contribution in [0.1, 0.15) is 19.8 Å². The lowest BCUT2D eigenvalue weighted by molar-refractivity contribution is 0.141. The number of hydrogen-bond donors (Lipinski definition) is 4. The Morgan fingerprint density at radius 3 is 2.29 bits per heavy atom. The number of unbranched alkanes of at least 4 members (excludes halogenated alkanes) is 1.